The number of aliphatic carboxylic acids is 1. The van der Waals surface area contributed by atoms with Crippen LogP contribution in [0.1, 0.15) is 245 Å². The molecular formula is C54H98NO10P. The predicted octanol–water partition coefficient (Wildman–Crippen LogP) is 14.9. The van der Waals surface area contributed by atoms with E-state index in [-0.39, 0.29) is 12.8 Å². The number of carbonyl (C=O) groups is 3. The molecule has 0 aromatic rings. The zero-order chi connectivity index (χ0) is 48.4. The molecule has 0 saturated heterocycles. The predicted molar refractivity (Wildman–Crippen MR) is 272 cm³/mol. The Labute approximate surface area is 403 Å². The quantitative estimate of drug-likeness (QED) is 0.0199. The molecule has 0 saturated carbocycles. The molecule has 0 bridgehead atoms. The van der Waals surface area contributed by atoms with Crippen LogP contribution in [0.3, 0.4) is 0 Å². The molecule has 0 radical (unpaired) electrons. The van der Waals surface area contributed by atoms with Crippen LogP contribution in [0.15, 0.2) is 48.6 Å². The summed E-state index contributed by atoms with van der Waals surface area (Å²) in [4.78, 5) is 46.2. The lowest BCUT2D eigenvalue weighted by Crippen LogP contribution is -2.43. The number of nitrogens with one attached hydrogen (secondary N) is 1. The van der Waals surface area contributed by atoms with Crippen LogP contribution in [0.25, 0.3) is 0 Å². The smallest absolute Gasteiger partial charge is 0.472 e. The fourth-order valence-corrected chi connectivity index (χ4v) is 8.21. The first-order chi connectivity index (χ1) is 32.1. The third-order valence-corrected chi connectivity index (χ3v) is 12.5. The first kappa shape index (κ1) is 63.4. The number of ether oxygens (including phenoxy) is 1. The van der Waals surface area contributed by atoms with E-state index < -0.39 is 57.6 Å². The normalized spacial score (nSPS) is 13.9. The Morgan fingerprint density at radius 3 is 1.23 bits per heavy atom. The first-order valence-electron chi connectivity index (χ1n) is 26.7. The number of esters is 1. The third-order valence-electron chi connectivity index (χ3n) is 11.6. The number of allylic oxidation sites excluding steroid dienone is 8. The maximum absolute atomic E-state index is 12.4. The molecule has 1 amide bonds. The zero-order valence-corrected chi connectivity index (χ0v) is 42.9. The van der Waals surface area contributed by atoms with Crippen molar-refractivity contribution in [3.63, 3.8) is 0 Å². The van der Waals surface area contributed by atoms with Gasteiger partial charge in [0.1, 0.15) is 12.7 Å². The summed E-state index contributed by atoms with van der Waals surface area (Å²) < 4.78 is 27.0. The maximum atomic E-state index is 12.4. The fourth-order valence-electron chi connectivity index (χ4n) is 7.44. The molecular weight excluding hydrogens is 854 g/mol. The van der Waals surface area contributed by atoms with Crippen molar-refractivity contribution >= 4 is 25.7 Å². The van der Waals surface area contributed by atoms with Crippen molar-refractivity contribution in [3.05, 3.63) is 48.6 Å². The van der Waals surface area contributed by atoms with Crippen LogP contribution in [0.4, 0.5) is 0 Å². The van der Waals surface area contributed by atoms with Crippen molar-refractivity contribution in [2.45, 2.75) is 257 Å². The molecule has 4 N–H and O–H groups in total. The Morgan fingerprint density at radius 2 is 0.833 bits per heavy atom. The molecule has 66 heavy (non-hydrogen) atoms. The molecule has 0 aromatic heterocycles. The van der Waals surface area contributed by atoms with Gasteiger partial charge in [-0.2, -0.15) is 0 Å². The van der Waals surface area contributed by atoms with E-state index in [2.05, 4.69) is 67.8 Å². The van der Waals surface area contributed by atoms with Crippen LogP contribution in [0, 0.1) is 0 Å². The number of aliphatic hydroxyl groups excluding tert-OH is 1. The minimum absolute atomic E-state index is 0.143. The molecule has 0 fully saturated rings. The van der Waals surface area contributed by atoms with Gasteiger partial charge in [-0.3, -0.25) is 18.6 Å². The van der Waals surface area contributed by atoms with Gasteiger partial charge in [0.05, 0.1) is 13.2 Å². The second-order valence-electron chi connectivity index (χ2n) is 18.1. The summed E-state index contributed by atoms with van der Waals surface area (Å²) in [7, 11) is -4.76. The number of hydrogen-bond donors (Lipinski definition) is 4. The van der Waals surface area contributed by atoms with Crippen LogP contribution < -0.4 is 5.32 Å². The summed E-state index contributed by atoms with van der Waals surface area (Å²) in [6, 6.07) is -1.55. The number of phosphoric acid groups is 1. The van der Waals surface area contributed by atoms with Gasteiger partial charge >= 0.3 is 19.8 Å². The van der Waals surface area contributed by atoms with E-state index >= 15 is 0 Å². The van der Waals surface area contributed by atoms with E-state index in [9.17, 15) is 34.1 Å². The Bertz CT molecular complexity index is 1300. The number of carbonyl (C=O) groups excluding carboxylic acids is 2. The van der Waals surface area contributed by atoms with Crippen LogP contribution >= 0.6 is 7.82 Å². The van der Waals surface area contributed by atoms with E-state index in [4.69, 9.17) is 13.8 Å². The van der Waals surface area contributed by atoms with Crippen molar-refractivity contribution < 1.29 is 47.8 Å². The summed E-state index contributed by atoms with van der Waals surface area (Å²) in [6.07, 6.45) is 57.0. The molecule has 12 heteroatoms. The monoisotopic (exact) mass is 952 g/mol. The SMILES string of the molecule is CCCCC/C=C\C/C=C\CCCCCCCCCCCCCC(=O)NC(COP(=O)(O)OCC(O)COC(=O)CCCCCCCCCCCCC/C=C\C/C=C\CCCCC)C(=O)O. The first-order valence-corrected chi connectivity index (χ1v) is 28.2. The molecule has 384 valence electrons. The van der Waals surface area contributed by atoms with Gasteiger partial charge in [-0.05, 0) is 77.0 Å². The van der Waals surface area contributed by atoms with Crippen molar-refractivity contribution in [2.75, 3.05) is 19.8 Å². The highest BCUT2D eigenvalue weighted by atomic mass is 31.2. The molecule has 0 aromatic carbocycles. The van der Waals surface area contributed by atoms with Gasteiger partial charge in [-0.15, -0.1) is 0 Å². The van der Waals surface area contributed by atoms with Gasteiger partial charge in [-0.1, -0.05) is 204 Å². The zero-order valence-electron chi connectivity index (χ0n) is 42.0. The molecule has 0 heterocycles. The highest BCUT2D eigenvalue weighted by molar-refractivity contribution is 7.47. The lowest BCUT2D eigenvalue weighted by Gasteiger charge is -2.18. The molecule has 3 unspecified atom stereocenters. The average Bonchev–Trinajstić information content (AvgIpc) is 3.29. The third kappa shape index (κ3) is 47.9. The van der Waals surface area contributed by atoms with Crippen LogP contribution in [-0.2, 0) is 32.7 Å². The standard InChI is InChI=1S/C54H98NO10P/c1-3-5-7-9-11-13-15-17-19-21-23-25-27-29-31-33-35-37-39-41-43-45-52(57)55-51(54(59)60)49-65-66(61,62)64-48-50(56)47-63-53(58)46-44-42-40-38-36-34-32-30-28-26-24-22-20-18-16-14-12-10-8-6-4-2/h11-14,17-20,50-51,56H,3-10,15-16,21-49H2,1-2H3,(H,55,57)(H,59,60)(H,61,62)/b13-11-,14-12-,19-17-,20-18-. The maximum Gasteiger partial charge on any atom is 0.472 e. The summed E-state index contributed by atoms with van der Waals surface area (Å²) in [5, 5.41) is 22.0. The van der Waals surface area contributed by atoms with Crippen molar-refractivity contribution in [1.82, 2.24) is 5.32 Å². The Morgan fingerprint density at radius 1 is 0.485 bits per heavy atom. The number of amides is 1. The average molecular weight is 952 g/mol. The van der Waals surface area contributed by atoms with Gasteiger partial charge in [0, 0.05) is 12.8 Å². The topological polar surface area (TPSA) is 169 Å². The van der Waals surface area contributed by atoms with Gasteiger partial charge in [0.25, 0.3) is 0 Å². The lowest BCUT2D eigenvalue weighted by molar-refractivity contribution is -0.147. The number of carboxylic acid groups (broad SMARTS) is 1. The lowest BCUT2D eigenvalue weighted by atomic mass is 10.0. The summed E-state index contributed by atoms with van der Waals surface area (Å²) in [5.74, 6) is -2.37. The number of aliphatic hydroxyl groups is 1. The van der Waals surface area contributed by atoms with E-state index in [1.807, 2.05) is 0 Å². The molecule has 0 rings (SSSR count). The van der Waals surface area contributed by atoms with Crippen molar-refractivity contribution in [3.8, 4) is 0 Å². The molecule has 0 aliphatic rings. The number of rotatable bonds is 50. The summed E-state index contributed by atoms with van der Waals surface area (Å²) in [5.41, 5.74) is 0. The molecule has 0 aliphatic heterocycles. The Hall–Kier alpha value is -2.56. The van der Waals surface area contributed by atoms with Crippen molar-refractivity contribution in [2.24, 2.45) is 0 Å². The fraction of sp³-hybridized carbons (Fsp3) is 0.796. The second-order valence-corrected chi connectivity index (χ2v) is 19.5. The van der Waals surface area contributed by atoms with E-state index in [0.717, 1.165) is 51.4 Å². The van der Waals surface area contributed by atoms with Gasteiger partial charge in [-0.25, -0.2) is 9.36 Å². The number of carboxylic acids is 1. The summed E-state index contributed by atoms with van der Waals surface area (Å²) >= 11 is 0. The number of phosphoric ester groups is 1. The minimum Gasteiger partial charge on any atom is -0.480 e. The van der Waals surface area contributed by atoms with Crippen LogP contribution in [0.2, 0.25) is 0 Å². The van der Waals surface area contributed by atoms with Crippen LogP contribution in [0.5, 0.6) is 0 Å². The van der Waals surface area contributed by atoms with Gasteiger partial charge in [0.2, 0.25) is 5.91 Å². The van der Waals surface area contributed by atoms with Crippen molar-refractivity contribution in [1.29, 1.82) is 0 Å². The molecule has 11 nitrogen and oxygen atoms in total. The Balaban J connectivity index is 3.81. The Kier molecular flexibility index (Phi) is 47.0. The molecule has 0 aliphatic carbocycles. The molecule has 0 spiro atoms. The number of unbranched alkanes of at least 4 members (excludes halogenated alkanes) is 28. The highest BCUT2D eigenvalue weighted by Crippen LogP contribution is 2.43. The van der Waals surface area contributed by atoms with Crippen LogP contribution in [-0.4, -0.2) is 64.9 Å². The highest BCUT2D eigenvalue weighted by Gasteiger charge is 2.28. The number of hydrogen-bond acceptors (Lipinski definition) is 8. The van der Waals surface area contributed by atoms with Gasteiger partial charge < -0.3 is 25.2 Å². The van der Waals surface area contributed by atoms with E-state index in [1.165, 1.54) is 154 Å². The second kappa shape index (κ2) is 48.9. The van der Waals surface area contributed by atoms with E-state index in [0.29, 0.717) is 12.8 Å². The minimum atomic E-state index is -4.76. The van der Waals surface area contributed by atoms with Gasteiger partial charge in [0.15, 0.2) is 6.04 Å². The van der Waals surface area contributed by atoms with E-state index in [1.54, 1.807) is 0 Å². The molecule has 3 atom stereocenters. The summed E-state index contributed by atoms with van der Waals surface area (Å²) in [6.45, 7) is 2.58. The largest absolute Gasteiger partial charge is 0.480 e.